The Morgan fingerprint density at radius 2 is 2.40 bits per heavy atom. The Balaban J connectivity index is 2.32. The maximum absolute atomic E-state index is 11.1. The second-order valence-corrected chi connectivity index (χ2v) is 2.81. The Labute approximate surface area is 85.7 Å². The minimum absolute atomic E-state index is 0.0800. The van der Waals surface area contributed by atoms with Crippen LogP contribution in [0.25, 0.3) is 11.3 Å². The molecule has 0 bridgehead atoms. The fraction of sp³-hybridized carbons (Fsp3) is 0.100. The average molecular weight is 204 g/mol. The molecule has 5 nitrogen and oxygen atoms in total. The lowest BCUT2D eigenvalue weighted by Gasteiger charge is -1.90. The van der Waals surface area contributed by atoms with E-state index in [4.69, 9.17) is 4.52 Å². The number of esters is 1. The van der Waals surface area contributed by atoms with Gasteiger partial charge in [0.2, 0.25) is 5.76 Å². The van der Waals surface area contributed by atoms with Crippen molar-refractivity contribution in [3.8, 4) is 11.3 Å². The van der Waals surface area contributed by atoms with E-state index in [-0.39, 0.29) is 5.76 Å². The Hall–Kier alpha value is -2.17. The third kappa shape index (κ3) is 1.85. The first-order valence-electron chi connectivity index (χ1n) is 4.26. The number of carbonyl (C=O) groups excluding carboxylic acids is 1. The molecular formula is C10H8N2O3. The molecule has 5 heteroatoms. The monoisotopic (exact) mass is 204 g/mol. The van der Waals surface area contributed by atoms with Crippen LogP contribution in [0.1, 0.15) is 10.6 Å². The number of ether oxygens (including phenoxy) is 1. The van der Waals surface area contributed by atoms with E-state index in [1.54, 1.807) is 18.5 Å². The third-order valence-corrected chi connectivity index (χ3v) is 1.85. The summed E-state index contributed by atoms with van der Waals surface area (Å²) in [5.41, 5.74) is 1.35. The van der Waals surface area contributed by atoms with Gasteiger partial charge in [-0.1, -0.05) is 5.16 Å². The summed E-state index contributed by atoms with van der Waals surface area (Å²) in [5, 5.41) is 3.74. The van der Waals surface area contributed by atoms with Crippen LogP contribution >= 0.6 is 0 Å². The van der Waals surface area contributed by atoms with Crippen LogP contribution in [0.15, 0.2) is 35.1 Å². The highest BCUT2D eigenvalue weighted by atomic mass is 16.5. The molecule has 0 aromatic carbocycles. The minimum Gasteiger partial charge on any atom is -0.463 e. The number of pyridine rings is 1. The van der Waals surface area contributed by atoms with Gasteiger partial charge in [0, 0.05) is 24.0 Å². The van der Waals surface area contributed by atoms with Crippen LogP contribution in [-0.4, -0.2) is 23.2 Å². The van der Waals surface area contributed by atoms with Crippen molar-refractivity contribution in [1.29, 1.82) is 0 Å². The quantitative estimate of drug-likeness (QED) is 0.694. The smallest absolute Gasteiger partial charge is 0.376 e. The van der Waals surface area contributed by atoms with Crippen molar-refractivity contribution in [3.05, 3.63) is 36.4 Å². The molecule has 0 aliphatic carbocycles. The highest BCUT2D eigenvalue weighted by molar-refractivity contribution is 5.87. The van der Waals surface area contributed by atoms with Crippen molar-refractivity contribution in [2.75, 3.05) is 7.11 Å². The van der Waals surface area contributed by atoms with Gasteiger partial charge in [0.25, 0.3) is 0 Å². The number of methoxy groups -OCH3 is 1. The van der Waals surface area contributed by atoms with Crippen molar-refractivity contribution in [2.45, 2.75) is 0 Å². The first kappa shape index (κ1) is 9.39. The molecule has 2 rings (SSSR count). The Morgan fingerprint density at radius 1 is 1.53 bits per heavy atom. The van der Waals surface area contributed by atoms with Gasteiger partial charge in [0.1, 0.15) is 5.69 Å². The van der Waals surface area contributed by atoms with Crippen molar-refractivity contribution in [3.63, 3.8) is 0 Å². The van der Waals surface area contributed by atoms with E-state index in [2.05, 4.69) is 14.9 Å². The lowest BCUT2D eigenvalue weighted by Crippen LogP contribution is -1.98. The molecule has 0 spiro atoms. The van der Waals surface area contributed by atoms with Gasteiger partial charge >= 0.3 is 5.97 Å². The van der Waals surface area contributed by atoms with E-state index >= 15 is 0 Å². The third-order valence-electron chi connectivity index (χ3n) is 1.85. The molecule has 0 saturated carbocycles. The fourth-order valence-electron chi connectivity index (χ4n) is 1.12. The van der Waals surface area contributed by atoms with Crippen LogP contribution < -0.4 is 0 Å². The van der Waals surface area contributed by atoms with E-state index in [1.807, 2.05) is 6.07 Å². The minimum atomic E-state index is -0.544. The molecule has 0 radical (unpaired) electrons. The Bertz CT molecular complexity index is 465. The van der Waals surface area contributed by atoms with Gasteiger partial charge < -0.3 is 9.26 Å². The summed E-state index contributed by atoms with van der Waals surface area (Å²) < 4.78 is 9.32. The largest absolute Gasteiger partial charge is 0.463 e. The Kier molecular flexibility index (Phi) is 2.45. The summed E-state index contributed by atoms with van der Waals surface area (Å²) >= 11 is 0. The molecule has 0 aliphatic rings. The number of hydrogen-bond acceptors (Lipinski definition) is 5. The van der Waals surface area contributed by atoms with Crippen LogP contribution in [0.3, 0.4) is 0 Å². The maximum Gasteiger partial charge on any atom is 0.376 e. The van der Waals surface area contributed by atoms with Crippen LogP contribution in [-0.2, 0) is 4.74 Å². The normalized spacial score (nSPS) is 9.93. The summed E-state index contributed by atoms with van der Waals surface area (Å²) in [6, 6.07) is 5.12. The SMILES string of the molecule is COC(=O)c1cc(-c2cccnc2)no1. The summed E-state index contributed by atoms with van der Waals surface area (Å²) in [6.45, 7) is 0. The second-order valence-electron chi connectivity index (χ2n) is 2.81. The molecule has 15 heavy (non-hydrogen) atoms. The topological polar surface area (TPSA) is 65.2 Å². The highest BCUT2D eigenvalue weighted by Gasteiger charge is 2.13. The molecule has 0 amide bonds. The zero-order valence-electron chi connectivity index (χ0n) is 8.01. The van der Waals surface area contributed by atoms with Crippen LogP contribution in [0.5, 0.6) is 0 Å². The summed E-state index contributed by atoms with van der Waals surface area (Å²) in [5.74, 6) is -0.464. The van der Waals surface area contributed by atoms with Gasteiger partial charge in [0.05, 0.1) is 7.11 Å². The fourth-order valence-corrected chi connectivity index (χ4v) is 1.12. The van der Waals surface area contributed by atoms with Gasteiger partial charge in [-0.25, -0.2) is 4.79 Å². The summed E-state index contributed by atoms with van der Waals surface area (Å²) in [4.78, 5) is 15.0. The zero-order chi connectivity index (χ0) is 10.7. The first-order chi connectivity index (χ1) is 7.31. The van der Waals surface area contributed by atoms with Crippen LogP contribution in [0, 0.1) is 0 Å². The van der Waals surface area contributed by atoms with Gasteiger partial charge in [-0.3, -0.25) is 4.98 Å². The van der Waals surface area contributed by atoms with Crippen molar-refractivity contribution < 1.29 is 14.1 Å². The molecule has 0 unspecified atom stereocenters. The number of nitrogens with zero attached hydrogens (tertiary/aromatic N) is 2. The zero-order valence-corrected chi connectivity index (χ0v) is 8.01. The predicted octanol–water partition coefficient (Wildman–Crippen LogP) is 1.52. The lowest BCUT2D eigenvalue weighted by atomic mass is 10.2. The highest BCUT2D eigenvalue weighted by Crippen LogP contribution is 2.17. The number of aromatic nitrogens is 2. The molecule has 0 saturated heterocycles. The number of hydrogen-bond donors (Lipinski definition) is 0. The van der Waals surface area contributed by atoms with Gasteiger partial charge in [-0.15, -0.1) is 0 Å². The predicted molar refractivity (Wildman–Crippen MR) is 51.1 cm³/mol. The van der Waals surface area contributed by atoms with Gasteiger partial charge in [-0.05, 0) is 12.1 Å². The van der Waals surface area contributed by atoms with E-state index in [9.17, 15) is 4.79 Å². The molecule has 76 valence electrons. The molecule has 0 fully saturated rings. The van der Waals surface area contributed by atoms with Gasteiger partial charge in [0.15, 0.2) is 0 Å². The number of carbonyl (C=O) groups is 1. The molecule has 0 N–H and O–H groups in total. The van der Waals surface area contributed by atoms with Crippen molar-refractivity contribution in [2.24, 2.45) is 0 Å². The summed E-state index contributed by atoms with van der Waals surface area (Å²) in [6.07, 6.45) is 3.30. The molecule has 0 aliphatic heterocycles. The van der Waals surface area contributed by atoms with E-state index in [1.165, 1.54) is 13.2 Å². The van der Waals surface area contributed by atoms with E-state index in [0.717, 1.165) is 5.56 Å². The molecule has 0 atom stereocenters. The molecule has 2 aromatic rings. The van der Waals surface area contributed by atoms with E-state index < -0.39 is 5.97 Å². The first-order valence-corrected chi connectivity index (χ1v) is 4.26. The van der Waals surface area contributed by atoms with Crippen LogP contribution in [0.4, 0.5) is 0 Å². The molecule has 2 aromatic heterocycles. The molecule has 2 heterocycles. The average Bonchev–Trinajstić information content (AvgIpc) is 2.78. The van der Waals surface area contributed by atoms with Crippen molar-refractivity contribution >= 4 is 5.97 Å². The maximum atomic E-state index is 11.1. The second kappa shape index (κ2) is 3.91. The lowest BCUT2D eigenvalue weighted by molar-refractivity contribution is 0.0554. The Morgan fingerprint density at radius 3 is 3.07 bits per heavy atom. The summed E-state index contributed by atoms with van der Waals surface area (Å²) in [7, 11) is 1.29. The standard InChI is InChI=1S/C10H8N2O3/c1-14-10(13)9-5-8(12-15-9)7-3-2-4-11-6-7/h2-6H,1H3. The van der Waals surface area contributed by atoms with Crippen LogP contribution in [0.2, 0.25) is 0 Å². The van der Waals surface area contributed by atoms with E-state index in [0.29, 0.717) is 5.69 Å². The molecular weight excluding hydrogens is 196 g/mol. The van der Waals surface area contributed by atoms with Gasteiger partial charge in [-0.2, -0.15) is 0 Å². The number of rotatable bonds is 2. The van der Waals surface area contributed by atoms with Crippen molar-refractivity contribution in [1.82, 2.24) is 10.1 Å².